The normalized spacial score (nSPS) is 12.4. The van der Waals surface area contributed by atoms with Gasteiger partial charge in [0.1, 0.15) is 10.5 Å². The van der Waals surface area contributed by atoms with Crippen LogP contribution in [0.3, 0.4) is 0 Å². The lowest BCUT2D eigenvalue weighted by molar-refractivity contribution is -0.145. The third kappa shape index (κ3) is 2.79. The number of carboxylic acid groups (broad SMARTS) is 2. The summed E-state index contributed by atoms with van der Waals surface area (Å²) in [6.07, 6.45) is -0.457. The summed E-state index contributed by atoms with van der Waals surface area (Å²) in [4.78, 5) is 21.4. The second kappa shape index (κ2) is 4.43. The molecule has 0 aliphatic rings. The number of hydrogen-bond acceptors (Lipinski definition) is 3. The lowest BCUT2D eigenvalue weighted by Gasteiger charge is -2.09. The molecule has 6 nitrogen and oxygen atoms in total. The minimum absolute atomic E-state index is 0.358. The quantitative estimate of drug-likeness (QED) is 0.850. The Balaban J connectivity index is 3.03. The molecule has 82 valence electrons. The summed E-state index contributed by atoms with van der Waals surface area (Å²) in [5.41, 5.74) is 0.358. The first-order chi connectivity index (χ1) is 6.91. The lowest BCUT2D eigenvalue weighted by atomic mass is 10.0. The van der Waals surface area contributed by atoms with E-state index >= 15 is 0 Å². The molecular weight excluding hydrogens is 268 g/mol. The third-order valence-corrected chi connectivity index (χ3v) is 2.31. The number of halogens is 1. The summed E-state index contributed by atoms with van der Waals surface area (Å²) in [5.74, 6) is -3.40. The molecule has 0 saturated carbocycles. The monoisotopic (exact) mass is 276 g/mol. The Morgan fingerprint density at radius 3 is 2.53 bits per heavy atom. The maximum absolute atomic E-state index is 10.9. The van der Waals surface area contributed by atoms with Gasteiger partial charge in [0.15, 0.2) is 0 Å². The maximum Gasteiger partial charge on any atom is 0.313 e. The van der Waals surface area contributed by atoms with Gasteiger partial charge in [0.2, 0.25) is 0 Å². The second-order valence-electron chi connectivity index (χ2n) is 3.00. The molecule has 0 amide bonds. The zero-order valence-electron chi connectivity index (χ0n) is 7.85. The number of hydrogen-bond donors (Lipinski definition) is 2. The molecule has 1 atom stereocenters. The number of nitrogens with zero attached hydrogens (tertiary/aromatic N) is 2. The van der Waals surface area contributed by atoms with Crippen LogP contribution < -0.4 is 0 Å². The lowest BCUT2D eigenvalue weighted by Crippen LogP contribution is -2.18. The van der Waals surface area contributed by atoms with E-state index in [0.717, 1.165) is 0 Å². The van der Waals surface area contributed by atoms with Crippen molar-refractivity contribution in [1.29, 1.82) is 0 Å². The Labute approximate surface area is 93.6 Å². The van der Waals surface area contributed by atoms with E-state index < -0.39 is 24.3 Å². The van der Waals surface area contributed by atoms with Crippen LogP contribution in [0.2, 0.25) is 0 Å². The van der Waals surface area contributed by atoms with Crippen molar-refractivity contribution in [2.75, 3.05) is 0 Å². The number of aliphatic carboxylic acids is 2. The largest absolute Gasteiger partial charge is 0.481 e. The molecule has 0 saturated heterocycles. The van der Waals surface area contributed by atoms with Crippen LogP contribution in [0.5, 0.6) is 0 Å². The fourth-order valence-corrected chi connectivity index (χ4v) is 1.74. The van der Waals surface area contributed by atoms with Gasteiger partial charge in [-0.25, -0.2) is 0 Å². The summed E-state index contributed by atoms with van der Waals surface area (Å²) < 4.78 is 1.84. The molecule has 0 bridgehead atoms. The minimum Gasteiger partial charge on any atom is -0.481 e. The topological polar surface area (TPSA) is 92.4 Å². The third-order valence-electron chi connectivity index (χ3n) is 1.92. The van der Waals surface area contributed by atoms with Crippen LogP contribution in [0, 0.1) is 0 Å². The van der Waals surface area contributed by atoms with Crippen molar-refractivity contribution in [3.63, 3.8) is 0 Å². The van der Waals surface area contributed by atoms with Crippen molar-refractivity contribution >= 4 is 27.9 Å². The minimum atomic E-state index is -1.17. The van der Waals surface area contributed by atoms with Crippen LogP contribution in [0.4, 0.5) is 0 Å². The number of carboxylic acids is 2. The molecule has 1 rings (SSSR count). The van der Waals surface area contributed by atoms with Gasteiger partial charge in [0, 0.05) is 7.05 Å². The highest BCUT2D eigenvalue weighted by Gasteiger charge is 2.26. The van der Waals surface area contributed by atoms with Crippen molar-refractivity contribution < 1.29 is 19.8 Å². The van der Waals surface area contributed by atoms with Gasteiger partial charge >= 0.3 is 11.9 Å². The van der Waals surface area contributed by atoms with Crippen molar-refractivity contribution in [3.8, 4) is 0 Å². The highest BCUT2D eigenvalue weighted by atomic mass is 79.9. The molecule has 1 heterocycles. The van der Waals surface area contributed by atoms with Crippen molar-refractivity contribution in [2.45, 2.75) is 12.3 Å². The summed E-state index contributed by atoms with van der Waals surface area (Å²) >= 11 is 3.09. The van der Waals surface area contributed by atoms with Crippen LogP contribution in [0.1, 0.15) is 18.0 Å². The second-order valence-corrected chi connectivity index (χ2v) is 3.82. The SMILES string of the molecule is Cn1nc(Br)cc1C(CC(=O)O)C(=O)O. The zero-order chi connectivity index (χ0) is 11.6. The molecule has 1 aromatic heterocycles. The molecule has 0 spiro atoms. The molecule has 0 fully saturated rings. The van der Waals surface area contributed by atoms with E-state index in [9.17, 15) is 9.59 Å². The first kappa shape index (κ1) is 11.7. The Morgan fingerprint density at radius 2 is 2.20 bits per heavy atom. The Kier molecular flexibility index (Phi) is 3.46. The van der Waals surface area contributed by atoms with Gasteiger partial charge in [0.05, 0.1) is 12.1 Å². The van der Waals surface area contributed by atoms with Crippen LogP contribution in [0.15, 0.2) is 10.7 Å². The summed E-state index contributed by atoms with van der Waals surface area (Å²) in [5, 5.41) is 21.4. The average Bonchev–Trinajstić information content (AvgIpc) is 2.40. The van der Waals surface area contributed by atoms with Crippen molar-refractivity contribution in [3.05, 3.63) is 16.4 Å². The molecular formula is C8H9BrN2O4. The van der Waals surface area contributed by atoms with Crippen molar-refractivity contribution in [2.24, 2.45) is 7.05 Å². The molecule has 1 aromatic rings. The molecule has 0 aliphatic carbocycles. The van der Waals surface area contributed by atoms with Crippen LogP contribution in [-0.4, -0.2) is 31.9 Å². The first-order valence-corrected chi connectivity index (χ1v) is 4.85. The molecule has 1 unspecified atom stereocenters. The van der Waals surface area contributed by atoms with E-state index in [-0.39, 0.29) is 0 Å². The van der Waals surface area contributed by atoms with Crippen molar-refractivity contribution in [1.82, 2.24) is 9.78 Å². The number of rotatable bonds is 4. The molecule has 15 heavy (non-hydrogen) atoms. The van der Waals surface area contributed by atoms with E-state index in [1.54, 1.807) is 7.05 Å². The van der Waals surface area contributed by atoms with Gasteiger partial charge in [-0.3, -0.25) is 14.3 Å². The highest BCUT2D eigenvalue weighted by Crippen LogP contribution is 2.22. The number of aromatic nitrogens is 2. The van der Waals surface area contributed by atoms with Crippen LogP contribution in [-0.2, 0) is 16.6 Å². The molecule has 0 aliphatic heterocycles. The van der Waals surface area contributed by atoms with E-state index in [0.29, 0.717) is 10.3 Å². The van der Waals surface area contributed by atoms with E-state index in [4.69, 9.17) is 10.2 Å². The Bertz CT molecular complexity index is 401. The van der Waals surface area contributed by atoms with Crippen LogP contribution >= 0.6 is 15.9 Å². The molecule has 0 radical (unpaired) electrons. The molecule has 0 aromatic carbocycles. The Hall–Kier alpha value is -1.37. The van der Waals surface area contributed by atoms with E-state index in [2.05, 4.69) is 21.0 Å². The van der Waals surface area contributed by atoms with Crippen LogP contribution in [0.25, 0.3) is 0 Å². The van der Waals surface area contributed by atoms with Gasteiger partial charge in [0.25, 0.3) is 0 Å². The standard InChI is InChI=1S/C8H9BrN2O4/c1-11-5(3-6(9)10-11)4(8(14)15)2-7(12)13/h3-4H,2H2,1H3,(H,12,13)(H,14,15). The van der Waals surface area contributed by atoms with Gasteiger partial charge in [-0.2, -0.15) is 5.10 Å². The van der Waals surface area contributed by atoms with E-state index in [1.807, 2.05) is 0 Å². The number of aryl methyl sites for hydroxylation is 1. The number of carbonyl (C=O) groups is 2. The molecule has 7 heteroatoms. The highest BCUT2D eigenvalue weighted by molar-refractivity contribution is 9.10. The van der Waals surface area contributed by atoms with Gasteiger partial charge < -0.3 is 10.2 Å². The van der Waals surface area contributed by atoms with E-state index in [1.165, 1.54) is 10.7 Å². The summed E-state index contributed by atoms with van der Waals surface area (Å²) in [6.45, 7) is 0. The van der Waals surface area contributed by atoms with Gasteiger partial charge in [-0.1, -0.05) is 0 Å². The maximum atomic E-state index is 10.9. The fourth-order valence-electron chi connectivity index (χ4n) is 1.26. The smallest absolute Gasteiger partial charge is 0.313 e. The predicted octanol–water partition coefficient (Wildman–Crippen LogP) is 0.825. The average molecular weight is 277 g/mol. The van der Waals surface area contributed by atoms with Gasteiger partial charge in [-0.05, 0) is 22.0 Å². The molecule has 2 N–H and O–H groups in total. The predicted molar refractivity (Wildman–Crippen MR) is 53.5 cm³/mol. The first-order valence-electron chi connectivity index (χ1n) is 4.06. The fraction of sp³-hybridized carbons (Fsp3) is 0.375. The summed E-state index contributed by atoms with van der Waals surface area (Å²) in [7, 11) is 1.57. The zero-order valence-corrected chi connectivity index (χ0v) is 9.43. The van der Waals surface area contributed by atoms with Gasteiger partial charge in [-0.15, -0.1) is 0 Å². The Morgan fingerprint density at radius 1 is 1.60 bits per heavy atom. The summed E-state index contributed by atoms with van der Waals surface area (Å²) in [6, 6.07) is 1.50.